The summed E-state index contributed by atoms with van der Waals surface area (Å²) in [5, 5.41) is 5.55. The number of hydrogen-bond acceptors (Lipinski definition) is 6. The number of rotatable bonds is 7. The zero-order valence-electron chi connectivity index (χ0n) is 14.7. The minimum absolute atomic E-state index is 0.129. The molecule has 1 atom stereocenters. The second kappa shape index (κ2) is 8.60. The van der Waals surface area contributed by atoms with Gasteiger partial charge in [0.25, 0.3) is 5.91 Å². The topological polar surface area (TPSA) is 67.6 Å². The Morgan fingerprint density at radius 3 is 2.88 bits per heavy atom. The van der Waals surface area contributed by atoms with Crippen LogP contribution < -0.4 is 5.32 Å². The molecule has 0 radical (unpaired) electrons. The van der Waals surface area contributed by atoms with E-state index in [4.69, 9.17) is 9.15 Å². The number of carbonyl (C=O) groups excluding carboxylic acids is 1. The van der Waals surface area contributed by atoms with E-state index >= 15 is 0 Å². The van der Waals surface area contributed by atoms with Gasteiger partial charge in [-0.05, 0) is 24.5 Å². The van der Waals surface area contributed by atoms with Crippen molar-refractivity contribution in [2.45, 2.75) is 26.3 Å². The summed E-state index contributed by atoms with van der Waals surface area (Å²) < 4.78 is 10.8. The monoisotopic (exact) mass is 363 g/mol. The van der Waals surface area contributed by atoms with Crippen molar-refractivity contribution in [1.82, 2.24) is 15.2 Å². The van der Waals surface area contributed by atoms with Gasteiger partial charge in [0.05, 0.1) is 19.5 Å². The molecule has 1 N–H and O–H groups in total. The zero-order chi connectivity index (χ0) is 17.6. The summed E-state index contributed by atoms with van der Waals surface area (Å²) in [6, 6.07) is 3.99. The van der Waals surface area contributed by atoms with Gasteiger partial charge < -0.3 is 14.5 Å². The Kier molecular flexibility index (Phi) is 6.23. The third-order valence-corrected chi connectivity index (χ3v) is 5.13. The minimum atomic E-state index is -0.129. The number of ether oxygens (including phenoxy) is 1. The van der Waals surface area contributed by atoms with Crippen molar-refractivity contribution in [2.75, 3.05) is 32.8 Å². The highest BCUT2D eigenvalue weighted by Crippen LogP contribution is 2.24. The van der Waals surface area contributed by atoms with Crippen molar-refractivity contribution >= 4 is 17.2 Å². The zero-order valence-corrected chi connectivity index (χ0v) is 15.6. The summed E-state index contributed by atoms with van der Waals surface area (Å²) in [6.45, 7) is 8.43. The molecule has 1 fully saturated rings. The summed E-state index contributed by atoms with van der Waals surface area (Å²) in [5.41, 5.74) is 0.446. The van der Waals surface area contributed by atoms with E-state index in [1.807, 2.05) is 12.1 Å². The lowest BCUT2D eigenvalue weighted by Gasteiger charge is -2.35. The summed E-state index contributed by atoms with van der Waals surface area (Å²) in [6.07, 6.45) is 2.66. The number of carbonyl (C=O) groups is 1. The Morgan fingerprint density at radius 1 is 1.40 bits per heavy atom. The average molecular weight is 363 g/mol. The lowest BCUT2D eigenvalue weighted by molar-refractivity contribution is 0.0124. The minimum Gasteiger partial charge on any atom is -0.462 e. The number of morpholine rings is 1. The molecule has 2 aromatic rings. The van der Waals surface area contributed by atoms with Crippen LogP contribution in [0, 0.1) is 5.92 Å². The number of furan rings is 1. The molecule has 3 rings (SSSR count). The van der Waals surface area contributed by atoms with E-state index in [9.17, 15) is 4.79 Å². The highest BCUT2D eigenvalue weighted by Gasteiger charge is 2.23. The van der Waals surface area contributed by atoms with E-state index in [1.54, 1.807) is 11.6 Å². The van der Waals surface area contributed by atoms with Gasteiger partial charge in [0.1, 0.15) is 5.69 Å². The molecular formula is C18H25N3O3S. The van der Waals surface area contributed by atoms with E-state index < -0.39 is 0 Å². The van der Waals surface area contributed by atoms with E-state index in [0.717, 1.165) is 37.7 Å². The first-order valence-electron chi connectivity index (χ1n) is 8.73. The Morgan fingerprint density at radius 2 is 2.20 bits per heavy atom. The predicted molar refractivity (Wildman–Crippen MR) is 97.8 cm³/mol. The maximum absolute atomic E-state index is 12.5. The van der Waals surface area contributed by atoms with Gasteiger partial charge in [-0.1, -0.05) is 13.8 Å². The number of hydrogen-bond donors (Lipinski definition) is 1. The van der Waals surface area contributed by atoms with Gasteiger partial charge in [0, 0.05) is 31.1 Å². The molecule has 1 amide bonds. The van der Waals surface area contributed by atoms with Gasteiger partial charge in [0.15, 0.2) is 10.8 Å². The lowest BCUT2D eigenvalue weighted by Crippen LogP contribution is -2.49. The number of nitrogens with zero attached hydrogens (tertiary/aromatic N) is 2. The summed E-state index contributed by atoms with van der Waals surface area (Å²) in [4.78, 5) is 19.3. The van der Waals surface area contributed by atoms with Crippen LogP contribution in [-0.2, 0) is 4.74 Å². The molecule has 25 heavy (non-hydrogen) atoms. The van der Waals surface area contributed by atoms with Gasteiger partial charge in [-0.25, -0.2) is 4.98 Å². The van der Waals surface area contributed by atoms with E-state index in [0.29, 0.717) is 30.0 Å². The van der Waals surface area contributed by atoms with Crippen LogP contribution in [0.25, 0.3) is 10.8 Å². The van der Waals surface area contributed by atoms with Crippen molar-refractivity contribution in [3.8, 4) is 10.8 Å². The number of aromatic nitrogens is 1. The summed E-state index contributed by atoms with van der Waals surface area (Å²) >= 11 is 1.42. The highest BCUT2D eigenvalue weighted by molar-refractivity contribution is 7.13. The molecule has 3 heterocycles. The molecule has 0 saturated carbocycles. The van der Waals surface area contributed by atoms with Crippen LogP contribution in [0.3, 0.4) is 0 Å². The first-order valence-corrected chi connectivity index (χ1v) is 9.61. The van der Waals surface area contributed by atoms with Gasteiger partial charge >= 0.3 is 0 Å². The largest absolute Gasteiger partial charge is 0.462 e. The molecule has 1 aliphatic heterocycles. The fourth-order valence-corrected chi connectivity index (χ4v) is 3.81. The van der Waals surface area contributed by atoms with Gasteiger partial charge in [-0.3, -0.25) is 9.69 Å². The van der Waals surface area contributed by atoms with Gasteiger partial charge in [-0.15, -0.1) is 11.3 Å². The number of thiazole rings is 1. The molecule has 0 spiro atoms. The maximum atomic E-state index is 12.5. The van der Waals surface area contributed by atoms with Crippen LogP contribution in [0.15, 0.2) is 28.2 Å². The fraction of sp³-hybridized carbons (Fsp3) is 0.556. The summed E-state index contributed by atoms with van der Waals surface area (Å²) in [5.74, 6) is 1.14. The second-order valence-electron chi connectivity index (χ2n) is 6.66. The molecule has 0 bridgehead atoms. The Bertz CT molecular complexity index is 663. The molecule has 6 nitrogen and oxygen atoms in total. The van der Waals surface area contributed by atoms with Crippen LogP contribution in [0.1, 0.15) is 30.8 Å². The molecule has 0 aromatic carbocycles. The maximum Gasteiger partial charge on any atom is 0.270 e. The highest BCUT2D eigenvalue weighted by atomic mass is 32.1. The van der Waals surface area contributed by atoms with Crippen molar-refractivity contribution < 1.29 is 13.9 Å². The van der Waals surface area contributed by atoms with Crippen LogP contribution >= 0.6 is 11.3 Å². The fourth-order valence-electron chi connectivity index (χ4n) is 3.04. The van der Waals surface area contributed by atoms with Crippen LogP contribution in [-0.4, -0.2) is 54.7 Å². The smallest absolute Gasteiger partial charge is 0.270 e. The molecular weight excluding hydrogens is 338 g/mol. The van der Waals surface area contributed by atoms with Crippen molar-refractivity contribution in [2.24, 2.45) is 5.92 Å². The van der Waals surface area contributed by atoms with Gasteiger partial charge in [0.2, 0.25) is 0 Å². The molecule has 1 aliphatic rings. The Labute approximate surface area is 152 Å². The lowest BCUT2D eigenvalue weighted by atomic mass is 10.0. The first-order chi connectivity index (χ1) is 12.1. The molecule has 1 saturated heterocycles. The van der Waals surface area contributed by atoms with Crippen molar-refractivity contribution in [3.05, 3.63) is 29.5 Å². The number of amides is 1. The Balaban J connectivity index is 1.59. The SMILES string of the molecule is CC(C)CC(CNC(=O)c1csc(-c2ccco2)n1)N1CCOCC1. The van der Waals surface area contributed by atoms with Crippen molar-refractivity contribution in [3.63, 3.8) is 0 Å². The van der Waals surface area contributed by atoms with Crippen LogP contribution in [0.2, 0.25) is 0 Å². The van der Waals surface area contributed by atoms with Crippen LogP contribution in [0.4, 0.5) is 0 Å². The van der Waals surface area contributed by atoms with E-state index in [-0.39, 0.29) is 5.91 Å². The molecule has 136 valence electrons. The normalized spacial score (nSPS) is 16.9. The molecule has 7 heteroatoms. The quantitative estimate of drug-likeness (QED) is 0.819. The van der Waals surface area contributed by atoms with Crippen molar-refractivity contribution in [1.29, 1.82) is 0 Å². The van der Waals surface area contributed by atoms with E-state index in [1.165, 1.54) is 11.3 Å². The molecule has 2 aromatic heterocycles. The second-order valence-corrected chi connectivity index (χ2v) is 7.52. The molecule has 1 unspecified atom stereocenters. The predicted octanol–water partition coefficient (Wildman–Crippen LogP) is 2.88. The third-order valence-electron chi connectivity index (χ3n) is 4.27. The molecule has 0 aliphatic carbocycles. The standard InChI is InChI=1S/C18H25N3O3S/c1-13(2)10-14(21-5-8-23-9-6-21)11-19-17(22)15-12-25-18(20-15)16-4-3-7-24-16/h3-4,7,12-14H,5-6,8-11H2,1-2H3,(H,19,22). The van der Waals surface area contributed by atoms with Crippen LogP contribution in [0.5, 0.6) is 0 Å². The van der Waals surface area contributed by atoms with Gasteiger partial charge in [-0.2, -0.15) is 0 Å². The average Bonchev–Trinajstić information content (AvgIpc) is 3.29. The number of nitrogens with one attached hydrogen (secondary N) is 1. The summed E-state index contributed by atoms with van der Waals surface area (Å²) in [7, 11) is 0. The third kappa shape index (κ3) is 4.90. The first kappa shape index (κ1) is 18.1. The van der Waals surface area contributed by atoms with E-state index in [2.05, 4.69) is 29.0 Å². The Hall–Kier alpha value is -1.70.